The Hall–Kier alpha value is -4.12. The van der Waals surface area contributed by atoms with Crippen LogP contribution in [0.2, 0.25) is 0 Å². The van der Waals surface area contributed by atoms with E-state index in [2.05, 4.69) is 26.3 Å². The van der Waals surface area contributed by atoms with Crippen LogP contribution in [-0.2, 0) is 6.61 Å². The van der Waals surface area contributed by atoms with Crippen LogP contribution in [0.4, 0.5) is 5.82 Å². The highest BCUT2D eigenvalue weighted by atomic mass is 16.5. The second-order valence-electron chi connectivity index (χ2n) is 6.18. The lowest BCUT2D eigenvalue weighted by molar-refractivity contribution is 0.299. The molecule has 4 rings (SSSR count). The number of anilines is 1. The van der Waals surface area contributed by atoms with E-state index >= 15 is 0 Å². The van der Waals surface area contributed by atoms with E-state index in [0.717, 1.165) is 17.1 Å². The molecule has 0 aliphatic rings. The summed E-state index contributed by atoms with van der Waals surface area (Å²) in [5.74, 6) is 2.03. The Morgan fingerprint density at radius 2 is 1.97 bits per heavy atom. The van der Waals surface area contributed by atoms with Crippen molar-refractivity contribution < 1.29 is 9.47 Å². The Labute approximate surface area is 167 Å². The van der Waals surface area contributed by atoms with Gasteiger partial charge < -0.3 is 14.8 Å². The lowest BCUT2D eigenvalue weighted by atomic mass is 10.1. The van der Waals surface area contributed by atoms with Gasteiger partial charge in [-0.3, -0.25) is 9.38 Å². The maximum absolute atomic E-state index is 9.11. The summed E-state index contributed by atoms with van der Waals surface area (Å²) in [4.78, 5) is 13.0. The quantitative estimate of drug-likeness (QED) is 0.543. The summed E-state index contributed by atoms with van der Waals surface area (Å²) in [6.07, 6.45) is 5.02. The standard InChI is InChI=1S/C21H18N6O2/c1-23-21-20(26-18-9-14(10-22)7-8-27(18)21)15-3-5-17(6-4-15)29-13-16-11-25-19(28-2)12-24-16/h3-9,11-12,23H,13H2,1-2H3. The molecule has 4 aromatic rings. The smallest absolute Gasteiger partial charge is 0.231 e. The topological polar surface area (TPSA) is 97.4 Å². The molecule has 0 saturated carbocycles. The largest absolute Gasteiger partial charge is 0.487 e. The number of methoxy groups -OCH3 is 1. The maximum Gasteiger partial charge on any atom is 0.231 e. The van der Waals surface area contributed by atoms with Crippen LogP contribution < -0.4 is 14.8 Å². The van der Waals surface area contributed by atoms with E-state index in [1.165, 1.54) is 0 Å². The number of nitrogens with one attached hydrogen (secondary N) is 1. The average molecular weight is 386 g/mol. The molecule has 0 fully saturated rings. The number of pyridine rings is 1. The Kier molecular flexibility index (Phi) is 4.95. The van der Waals surface area contributed by atoms with Crippen LogP contribution in [0.3, 0.4) is 0 Å². The number of nitrogens with zero attached hydrogens (tertiary/aromatic N) is 5. The first-order valence-electron chi connectivity index (χ1n) is 8.90. The lowest BCUT2D eigenvalue weighted by Crippen LogP contribution is -2.00. The fourth-order valence-corrected chi connectivity index (χ4v) is 2.94. The second-order valence-corrected chi connectivity index (χ2v) is 6.18. The van der Waals surface area contributed by atoms with Crippen molar-refractivity contribution in [1.29, 1.82) is 5.26 Å². The summed E-state index contributed by atoms with van der Waals surface area (Å²) >= 11 is 0. The summed E-state index contributed by atoms with van der Waals surface area (Å²) in [5, 5.41) is 12.3. The first-order valence-corrected chi connectivity index (χ1v) is 8.90. The maximum atomic E-state index is 9.11. The van der Waals surface area contributed by atoms with Gasteiger partial charge in [-0.15, -0.1) is 0 Å². The molecular weight excluding hydrogens is 368 g/mol. The summed E-state index contributed by atoms with van der Waals surface area (Å²) in [5.41, 5.74) is 3.73. The second kappa shape index (κ2) is 7.86. The van der Waals surface area contributed by atoms with Gasteiger partial charge in [0.15, 0.2) is 0 Å². The number of imidazole rings is 1. The van der Waals surface area contributed by atoms with Crippen molar-refractivity contribution in [1.82, 2.24) is 19.4 Å². The summed E-state index contributed by atoms with van der Waals surface area (Å²) in [7, 11) is 3.39. The minimum atomic E-state index is 0.309. The minimum Gasteiger partial charge on any atom is -0.487 e. The van der Waals surface area contributed by atoms with Crippen LogP contribution >= 0.6 is 0 Å². The lowest BCUT2D eigenvalue weighted by Gasteiger charge is -2.08. The average Bonchev–Trinajstić information content (AvgIpc) is 3.16. The number of ether oxygens (including phenoxy) is 2. The van der Waals surface area contributed by atoms with Crippen molar-refractivity contribution in [2.24, 2.45) is 0 Å². The summed E-state index contributed by atoms with van der Waals surface area (Å²) in [6.45, 7) is 0.309. The van der Waals surface area contributed by atoms with Gasteiger partial charge in [-0.2, -0.15) is 5.26 Å². The molecule has 144 valence electrons. The molecule has 8 heteroatoms. The monoisotopic (exact) mass is 386 g/mol. The number of aromatic nitrogens is 4. The van der Waals surface area contributed by atoms with Gasteiger partial charge in [0.25, 0.3) is 0 Å². The highest BCUT2D eigenvalue weighted by Gasteiger charge is 2.13. The zero-order chi connectivity index (χ0) is 20.2. The Morgan fingerprint density at radius 1 is 1.14 bits per heavy atom. The number of hydrogen-bond donors (Lipinski definition) is 1. The molecule has 0 aliphatic carbocycles. The zero-order valence-electron chi connectivity index (χ0n) is 16.0. The van der Waals surface area contributed by atoms with E-state index in [0.29, 0.717) is 35.1 Å². The predicted molar refractivity (Wildman–Crippen MR) is 108 cm³/mol. The van der Waals surface area contributed by atoms with E-state index in [1.807, 2.05) is 41.9 Å². The molecule has 1 N–H and O–H groups in total. The van der Waals surface area contributed by atoms with Crippen molar-refractivity contribution in [2.45, 2.75) is 6.61 Å². The highest BCUT2D eigenvalue weighted by molar-refractivity contribution is 5.77. The SMILES string of the molecule is CNc1c(-c2ccc(OCc3cnc(OC)cn3)cc2)nc2cc(C#N)ccn12. The molecule has 3 aromatic heterocycles. The third-order valence-electron chi connectivity index (χ3n) is 4.40. The van der Waals surface area contributed by atoms with Gasteiger partial charge in [0, 0.05) is 18.8 Å². The molecular formula is C21H18N6O2. The normalized spacial score (nSPS) is 10.5. The van der Waals surface area contributed by atoms with Gasteiger partial charge in [0.2, 0.25) is 5.88 Å². The first-order chi connectivity index (χ1) is 14.2. The van der Waals surface area contributed by atoms with Gasteiger partial charge in [-0.05, 0) is 36.4 Å². The molecule has 0 bridgehead atoms. The molecule has 0 unspecified atom stereocenters. The number of fused-ring (bicyclic) bond motifs is 1. The number of benzene rings is 1. The Bertz CT molecular complexity index is 1180. The minimum absolute atomic E-state index is 0.309. The first kappa shape index (κ1) is 18.3. The molecule has 0 spiro atoms. The van der Waals surface area contributed by atoms with Crippen LogP contribution in [0.15, 0.2) is 55.0 Å². The van der Waals surface area contributed by atoms with Crippen molar-refractivity contribution in [3.63, 3.8) is 0 Å². The summed E-state index contributed by atoms with van der Waals surface area (Å²) < 4.78 is 12.7. The molecule has 1 aromatic carbocycles. The molecule has 0 radical (unpaired) electrons. The van der Waals surface area contributed by atoms with E-state index in [-0.39, 0.29) is 0 Å². The molecule has 29 heavy (non-hydrogen) atoms. The van der Waals surface area contributed by atoms with Crippen LogP contribution in [0.25, 0.3) is 16.9 Å². The van der Waals surface area contributed by atoms with Gasteiger partial charge in [0.05, 0.1) is 36.8 Å². The van der Waals surface area contributed by atoms with Gasteiger partial charge >= 0.3 is 0 Å². The van der Waals surface area contributed by atoms with Crippen LogP contribution in [0.5, 0.6) is 11.6 Å². The molecule has 3 heterocycles. The number of rotatable bonds is 6. The van der Waals surface area contributed by atoms with Crippen molar-refractivity contribution in [2.75, 3.05) is 19.5 Å². The van der Waals surface area contributed by atoms with Crippen molar-refractivity contribution in [3.05, 3.63) is 66.2 Å². The summed E-state index contributed by atoms with van der Waals surface area (Å²) in [6, 6.07) is 13.3. The van der Waals surface area contributed by atoms with Crippen molar-refractivity contribution in [3.8, 4) is 29.0 Å². The zero-order valence-corrected chi connectivity index (χ0v) is 16.0. The van der Waals surface area contributed by atoms with Gasteiger partial charge in [-0.1, -0.05) is 0 Å². The molecule has 0 aliphatic heterocycles. The number of nitriles is 1. The van der Waals surface area contributed by atoms with E-state index < -0.39 is 0 Å². The molecule has 0 atom stereocenters. The fraction of sp³-hybridized carbons (Fsp3) is 0.143. The Morgan fingerprint density at radius 3 is 2.62 bits per heavy atom. The van der Waals surface area contributed by atoms with Crippen LogP contribution in [0.1, 0.15) is 11.3 Å². The van der Waals surface area contributed by atoms with E-state index in [1.54, 1.807) is 31.6 Å². The van der Waals surface area contributed by atoms with Crippen LogP contribution in [0, 0.1) is 11.3 Å². The van der Waals surface area contributed by atoms with E-state index in [9.17, 15) is 0 Å². The third kappa shape index (κ3) is 3.66. The third-order valence-corrected chi connectivity index (χ3v) is 4.40. The number of hydrogen-bond acceptors (Lipinski definition) is 7. The van der Waals surface area contributed by atoms with Gasteiger partial charge in [0.1, 0.15) is 29.5 Å². The van der Waals surface area contributed by atoms with E-state index in [4.69, 9.17) is 14.7 Å². The molecule has 0 amide bonds. The molecule has 8 nitrogen and oxygen atoms in total. The highest BCUT2D eigenvalue weighted by Crippen LogP contribution is 2.30. The van der Waals surface area contributed by atoms with Gasteiger partial charge in [-0.25, -0.2) is 9.97 Å². The molecule has 0 saturated heterocycles. The Balaban J connectivity index is 1.55. The fourth-order valence-electron chi connectivity index (χ4n) is 2.94. The predicted octanol–water partition coefficient (Wildman–Crippen LogP) is 3.29. The van der Waals surface area contributed by atoms with Crippen LogP contribution in [-0.4, -0.2) is 33.5 Å². The van der Waals surface area contributed by atoms with Crippen molar-refractivity contribution >= 4 is 11.5 Å².